The van der Waals surface area contributed by atoms with E-state index in [1.165, 1.54) is 44.1 Å². The summed E-state index contributed by atoms with van der Waals surface area (Å²) in [5.74, 6) is 1.11. The quantitative estimate of drug-likeness (QED) is 0.598. The van der Waals surface area contributed by atoms with Crippen molar-refractivity contribution >= 4 is 5.78 Å². The van der Waals surface area contributed by atoms with Crippen molar-refractivity contribution in [1.82, 2.24) is 0 Å². The van der Waals surface area contributed by atoms with Crippen LogP contribution in [0.25, 0.3) is 0 Å². The number of benzene rings is 1. The third-order valence-electron chi connectivity index (χ3n) is 5.24. The molecule has 0 aliphatic heterocycles. The molecule has 1 unspecified atom stereocenters. The minimum absolute atomic E-state index is 0.373. The molecule has 1 heteroatoms. The average Bonchev–Trinajstić information content (AvgIpc) is 2.47. The van der Waals surface area contributed by atoms with Crippen LogP contribution in [-0.4, -0.2) is 5.78 Å². The molecule has 2 rings (SSSR count). The van der Waals surface area contributed by atoms with E-state index in [0.29, 0.717) is 17.1 Å². The van der Waals surface area contributed by atoms with Crippen LogP contribution in [0.2, 0.25) is 0 Å². The lowest BCUT2D eigenvalue weighted by atomic mass is 9.67. The Kier molecular flexibility index (Phi) is 6.02. The first-order chi connectivity index (χ1) is 10.1. The largest absolute Gasteiger partial charge is 0.300 e. The summed E-state index contributed by atoms with van der Waals surface area (Å²) in [6.07, 6.45) is 10.4. The van der Waals surface area contributed by atoms with Gasteiger partial charge in [-0.25, -0.2) is 0 Å². The normalized spacial score (nSPS) is 21.4. The summed E-state index contributed by atoms with van der Waals surface area (Å²) in [6.45, 7) is 4.69. The third-order valence-corrected chi connectivity index (χ3v) is 5.24. The maximum Gasteiger partial charge on any atom is 0.133 e. The highest BCUT2D eigenvalue weighted by atomic mass is 16.1. The molecule has 0 spiro atoms. The monoisotopic (exact) mass is 286 g/mol. The summed E-state index contributed by atoms with van der Waals surface area (Å²) in [6, 6.07) is 10.8. The fourth-order valence-electron chi connectivity index (χ4n) is 3.53. The summed E-state index contributed by atoms with van der Waals surface area (Å²) >= 11 is 0. The summed E-state index contributed by atoms with van der Waals surface area (Å²) in [5.41, 5.74) is 1.83. The topological polar surface area (TPSA) is 17.1 Å². The summed E-state index contributed by atoms with van der Waals surface area (Å²) in [7, 11) is 0. The number of rotatable bonds is 7. The van der Waals surface area contributed by atoms with Gasteiger partial charge in [0.25, 0.3) is 0 Å². The van der Waals surface area contributed by atoms with Gasteiger partial charge in [0.15, 0.2) is 0 Å². The van der Waals surface area contributed by atoms with Crippen LogP contribution in [-0.2, 0) is 11.2 Å². The molecule has 1 saturated carbocycles. The number of hydrogen-bond donors (Lipinski definition) is 0. The number of carbonyl (C=O) groups excluding carboxylic acids is 1. The molecular weight excluding hydrogens is 256 g/mol. The van der Waals surface area contributed by atoms with Gasteiger partial charge in [-0.2, -0.15) is 0 Å². The van der Waals surface area contributed by atoms with Crippen LogP contribution in [0, 0.1) is 11.3 Å². The number of ketones is 1. The van der Waals surface area contributed by atoms with Gasteiger partial charge in [-0.1, -0.05) is 63.4 Å². The summed E-state index contributed by atoms with van der Waals surface area (Å²) in [5, 5.41) is 0. The standard InChI is InChI=1S/C20H30O/c1-20(2)15-14-19(21)16-18(20)13-9-4-3-6-10-17-11-7-5-8-12-17/h5,7-8,11-12,18H,3-4,6,9-10,13-16H2,1-2H3. The SMILES string of the molecule is CC1(C)CCC(=O)CC1CCCCCCc1ccccc1. The molecule has 0 amide bonds. The highest BCUT2D eigenvalue weighted by molar-refractivity contribution is 5.79. The summed E-state index contributed by atoms with van der Waals surface area (Å²) in [4.78, 5) is 11.7. The molecule has 1 aromatic carbocycles. The lowest BCUT2D eigenvalue weighted by molar-refractivity contribution is -0.124. The van der Waals surface area contributed by atoms with Crippen LogP contribution in [0.4, 0.5) is 0 Å². The average molecular weight is 286 g/mol. The zero-order chi connectivity index (χ0) is 15.1. The Balaban J connectivity index is 1.60. The predicted octanol–water partition coefficient (Wildman–Crippen LogP) is 5.58. The van der Waals surface area contributed by atoms with Gasteiger partial charge in [-0.05, 0) is 42.6 Å². The number of aryl methyl sites for hydroxylation is 1. The number of hydrogen-bond acceptors (Lipinski definition) is 1. The van der Waals surface area contributed by atoms with Gasteiger partial charge in [-0.3, -0.25) is 4.79 Å². The Bertz CT molecular complexity index is 432. The van der Waals surface area contributed by atoms with Gasteiger partial charge in [0.2, 0.25) is 0 Å². The molecular formula is C20H30O. The fourth-order valence-corrected chi connectivity index (χ4v) is 3.53. The lowest BCUT2D eigenvalue weighted by Crippen LogP contribution is -2.32. The van der Waals surface area contributed by atoms with Crippen LogP contribution >= 0.6 is 0 Å². The minimum atomic E-state index is 0.373. The van der Waals surface area contributed by atoms with Crippen LogP contribution in [0.5, 0.6) is 0 Å². The van der Waals surface area contributed by atoms with Crippen molar-refractivity contribution in [3.63, 3.8) is 0 Å². The molecule has 0 bridgehead atoms. The number of Topliss-reactive ketones (excluding diaryl/α,β-unsaturated/α-hetero) is 1. The second kappa shape index (κ2) is 7.77. The fraction of sp³-hybridized carbons (Fsp3) is 0.650. The number of carbonyl (C=O) groups is 1. The molecule has 0 aromatic heterocycles. The molecule has 0 heterocycles. The molecule has 1 nitrogen and oxygen atoms in total. The second-order valence-electron chi connectivity index (χ2n) is 7.37. The third kappa shape index (κ3) is 5.30. The van der Waals surface area contributed by atoms with Crippen molar-refractivity contribution in [2.24, 2.45) is 11.3 Å². The maximum atomic E-state index is 11.7. The maximum absolute atomic E-state index is 11.7. The van der Waals surface area contributed by atoms with Crippen molar-refractivity contribution < 1.29 is 4.79 Å². The van der Waals surface area contributed by atoms with Crippen molar-refractivity contribution in [3.8, 4) is 0 Å². The van der Waals surface area contributed by atoms with E-state index >= 15 is 0 Å². The molecule has 0 radical (unpaired) electrons. The molecule has 116 valence electrons. The van der Waals surface area contributed by atoms with E-state index in [1.807, 2.05) is 0 Å². The molecule has 0 saturated heterocycles. The predicted molar refractivity (Wildman–Crippen MR) is 89.4 cm³/mol. The van der Waals surface area contributed by atoms with Crippen molar-refractivity contribution in [1.29, 1.82) is 0 Å². The Morgan fingerprint density at radius 2 is 1.76 bits per heavy atom. The molecule has 1 fully saturated rings. The van der Waals surface area contributed by atoms with Crippen molar-refractivity contribution in [2.75, 3.05) is 0 Å². The lowest BCUT2D eigenvalue weighted by Gasteiger charge is -2.38. The Hall–Kier alpha value is -1.11. The van der Waals surface area contributed by atoms with Gasteiger partial charge in [0.1, 0.15) is 5.78 Å². The Morgan fingerprint density at radius 3 is 2.52 bits per heavy atom. The van der Waals surface area contributed by atoms with E-state index in [0.717, 1.165) is 19.3 Å². The van der Waals surface area contributed by atoms with E-state index in [1.54, 1.807) is 0 Å². The first-order valence-electron chi connectivity index (χ1n) is 8.63. The molecule has 1 aromatic rings. The molecule has 0 N–H and O–H groups in total. The van der Waals surface area contributed by atoms with Crippen LogP contribution in [0.15, 0.2) is 30.3 Å². The van der Waals surface area contributed by atoms with E-state index in [9.17, 15) is 4.79 Å². The van der Waals surface area contributed by atoms with E-state index in [4.69, 9.17) is 0 Å². The van der Waals surface area contributed by atoms with E-state index in [-0.39, 0.29) is 0 Å². The van der Waals surface area contributed by atoms with Gasteiger partial charge >= 0.3 is 0 Å². The number of unbranched alkanes of at least 4 members (excludes halogenated alkanes) is 3. The van der Waals surface area contributed by atoms with Crippen molar-refractivity contribution in [2.45, 2.75) is 71.6 Å². The first-order valence-corrected chi connectivity index (χ1v) is 8.63. The molecule has 1 aliphatic rings. The van der Waals surface area contributed by atoms with Crippen LogP contribution in [0.3, 0.4) is 0 Å². The second-order valence-corrected chi connectivity index (χ2v) is 7.37. The zero-order valence-corrected chi connectivity index (χ0v) is 13.7. The van der Waals surface area contributed by atoms with Gasteiger partial charge in [0, 0.05) is 12.8 Å². The van der Waals surface area contributed by atoms with E-state index in [2.05, 4.69) is 44.2 Å². The van der Waals surface area contributed by atoms with Crippen molar-refractivity contribution in [3.05, 3.63) is 35.9 Å². The smallest absolute Gasteiger partial charge is 0.133 e. The zero-order valence-electron chi connectivity index (χ0n) is 13.7. The van der Waals surface area contributed by atoms with Gasteiger partial charge in [-0.15, -0.1) is 0 Å². The highest BCUT2D eigenvalue weighted by Crippen LogP contribution is 2.41. The van der Waals surface area contributed by atoms with Crippen LogP contribution < -0.4 is 0 Å². The van der Waals surface area contributed by atoms with E-state index < -0.39 is 0 Å². The Morgan fingerprint density at radius 1 is 1.05 bits per heavy atom. The molecule has 21 heavy (non-hydrogen) atoms. The highest BCUT2D eigenvalue weighted by Gasteiger charge is 2.34. The molecule has 1 aliphatic carbocycles. The van der Waals surface area contributed by atoms with Crippen LogP contribution in [0.1, 0.15) is 70.8 Å². The van der Waals surface area contributed by atoms with Gasteiger partial charge in [0.05, 0.1) is 0 Å². The molecule has 1 atom stereocenters. The van der Waals surface area contributed by atoms with Gasteiger partial charge < -0.3 is 0 Å². The summed E-state index contributed by atoms with van der Waals surface area (Å²) < 4.78 is 0. The minimum Gasteiger partial charge on any atom is -0.300 e. The first kappa shape index (κ1) is 16.3. The Labute approximate surface area is 130 Å².